The Hall–Kier alpha value is -3.78. The second-order valence-corrected chi connectivity index (χ2v) is 10.1. The molecule has 0 unspecified atom stereocenters. The number of likely N-dealkylation sites (tertiary alicyclic amines) is 1. The minimum atomic E-state index is -0.877. The molecular weight excluding hydrogens is 538 g/mol. The van der Waals surface area contributed by atoms with Gasteiger partial charge in [-0.25, -0.2) is 0 Å². The number of fused-ring (bicyclic) bond motifs is 1. The number of amides is 1. The number of carbonyl (C=O) groups is 2. The Morgan fingerprint density at radius 1 is 1.14 bits per heavy atom. The standard InChI is InChI=1S/C29H26BrNO6/c1-16-12-19-13-18(8-9-22(19)37-16)26(32)24-25(20-14-21(30)27(33)23(15-20)36-2)31(29(35)28(24)34)11-10-17-6-4-3-5-7-17/h3-9,13-16,25,32-33H,10-12H2,1-2H3/b26-24+/t16-,25-/m1/s1. The average Bonchev–Trinajstić information content (AvgIpc) is 3.39. The Bertz CT molecular complexity index is 1420. The molecular formula is C29H26BrNO6. The Morgan fingerprint density at radius 2 is 1.89 bits per heavy atom. The van der Waals surface area contributed by atoms with Crippen molar-refractivity contribution in [2.75, 3.05) is 13.7 Å². The summed E-state index contributed by atoms with van der Waals surface area (Å²) < 4.78 is 11.4. The Balaban J connectivity index is 1.62. The number of hydrogen-bond donors (Lipinski definition) is 2. The van der Waals surface area contributed by atoms with Crippen molar-refractivity contribution in [2.45, 2.75) is 31.9 Å². The van der Waals surface area contributed by atoms with Crippen LogP contribution in [-0.4, -0.2) is 46.6 Å². The van der Waals surface area contributed by atoms with Crippen molar-refractivity contribution in [1.82, 2.24) is 4.90 Å². The molecule has 0 aromatic heterocycles. The molecule has 7 nitrogen and oxygen atoms in total. The van der Waals surface area contributed by atoms with E-state index in [9.17, 15) is 19.8 Å². The molecule has 3 aromatic carbocycles. The van der Waals surface area contributed by atoms with Crippen LogP contribution >= 0.6 is 15.9 Å². The van der Waals surface area contributed by atoms with Crippen molar-refractivity contribution >= 4 is 33.4 Å². The second kappa shape index (κ2) is 9.94. The van der Waals surface area contributed by atoms with Crippen molar-refractivity contribution in [3.63, 3.8) is 0 Å². The summed E-state index contributed by atoms with van der Waals surface area (Å²) in [6.07, 6.45) is 1.24. The van der Waals surface area contributed by atoms with Gasteiger partial charge in [0.25, 0.3) is 11.7 Å². The lowest BCUT2D eigenvalue weighted by atomic mass is 9.94. The van der Waals surface area contributed by atoms with Gasteiger partial charge in [-0.15, -0.1) is 0 Å². The summed E-state index contributed by atoms with van der Waals surface area (Å²) in [5.74, 6) is -0.873. The number of ether oxygens (including phenoxy) is 2. The second-order valence-electron chi connectivity index (χ2n) is 9.24. The van der Waals surface area contributed by atoms with Gasteiger partial charge in [0, 0.05) is 18.5 Å². The van der Waals surface area contributed by atoms with E-state index in [1.807, 2.05) is 37.3 Å². The minimum absolute atomic E-state index is 0.00961. The molecule has 0 aliphatic carbocycles. The van der Waals surface area contributed by atoms with Gasteiger partial charge in [-0.1, -0.05) is 30.3 Å². The number of methoxy groups -OCH3 is 1. The Labute approximate surface area is 223 Å². The van der Waals surface area contributed by atoms with E-state index >= 15 is 0 Å². The number of nitrogens with zero attached hydrogens (tertiary/aromatic N) is 1. The molecule has 1 amide bonds. The summed E-state index contributed by atoms with van der Waals surface area (Å²) in [4.78, 5) is 28.2. The fourth-order valence-corrected chi connectivity index (χ4v) is 5.44. The van der Waals surface area contributed by atoms with Gasteiger partial charge in [0.1, 0.15) is 17.6 Å². The first-order valence-electron chi connectivity index (χ1n) is 12.0. The van der Waals surface area contributed by atoms with Crippen LogP contribution in [0.3, 0.4) is 0 Å². The van der Waals surface area contributed by atoms with Crippen LogP contribution in [0.1, 0.15) is 35.2 Å². The molecule has 0 bridgehead atoms. The lowest BCUT2D eigenvalue weighted by molar-refractivity contribution is -0.139. The molecule has 2 aliphatic rings. The van der Waals surface area contributed by atoms with Crippen molar-refractivity contribution in [2.24, 2.45) is 0 Å². The summed E-state index contributed by atoms with van der Waals surface area (Å²) in [5, 5.41) is 21.8. The van der Waals surface area contributed by atoms with Crippen LogP contribution in [0, 0.1) is 0 Å². The molecule has 0 radical (unpaired) electrons. The molecule has 37 heavy (non-hydrogen) atoms. The molecule has 0 spiro atoms. The first kappa shape index (κ1) is 24.9. The topological polar surface area (TPSA) is 96.3 Å². The number of phenolic OH excluding ortho intramolecular Hbond substituents is 1. The maximum absolute atomic E-state index is 13.4. The number of benzene rings is 3. The third kappa shape index (κ3) is 4.57. The van der Waals surface area contributed by atoms with Gasteiger partial charge in [0.15, 0.2) is 11.5 Å². The van der Waals surface area contributed by atoms with E-state index in [1.165, 1.54) is 12.0 Å². The molecule has 1 saturated heterocycles. The fourth-order valence-electron chi connectivity index (χ4n) is 4.98. The van der Waals surface area contributed by atoms with Crippen LogP contribution in [-0.2, 0) is 22.4 Å². The van der Waals surface area contributed by atoms with Crippen molar-refractivity contribution in [1.29, 1.82) is 0 Å². The van der Waals surface area contributed by atoms with E-state index in [2.05, 4.69) is 15.9 Å². The van der Waals surface area contributed by atoms with Gasteiger partial charge in [-0.2, -0.15) is 0 Å². The van der Waals surface area contributed by atoms with Crippen LogP contribution in [0.5, 0.6) is 17.2 Å². The van der Waals surface area contributed by atoms with Gasteiger partial charge >= 0.3 is 0 Å². The highest BCUT2D eigenvalue weighted by Gasteiger charge is 2.46. The van der Waals surface area contributed by atoms with E-state index in [4.69, 9.17) is 9.47 Å². The minimum Gasteiger partial charge on any atom is -0.507 e. The number of Topliss-reactive ketones (excluding diaryl/α,β-unsaturated/α-hetero) is 1. The largest absolute Gasteiger partial charge is 0.507 e. The Kier molecular flexibility index (Phi) is 6.69. The van der Waals surface area contributed by atoms with Crippen molar-refractivity contribution < 1.29 is 29.3 Å². The monoisotopic (exact) mass is 563 g/mol. The van der Waals surface area contributed by atoms with Crippen LogP contribution in [0.2, 0.25) is 0 Å². The van der Waals surface area contributed by atoms with Crippen LogP contribution in [0.4, 0.5) is 0 Å². The number of aromatic hydroxyl groups is 1. The number of ketones is 1. The van der Waals surface area contributed by atoms with E-state index in [-0.39, 0.29) is 35.5 Å². The van der Waals surface area contributed by atoms with Gasteiger partial charge in [0.05, 0.1) is 23.2 Å². The summed E-state index contributed by atoms with van der Waals surface area (Å²) in [5.41, 5.74) is 2.89. The summed E-state index contributed by atoms with van der Waals surface area (Å²) in [6, 6.07) is 17.3. The third-order valence-corrected chi connectivity index (χ3v) is 7.38. The molecule has 3 aromatic rings. The molecule has 1 fully saturated rings. The molecule has 2 aliphatic heterocycles. The van der Waals surface area contributed by atoms with Crippen molar-refractivity contribution in [3.05, 3.63) is 93.0 Å². The molecule has 0 saturated carbocycles. The molecule has 8 heteroatoms. The van der Waals surface area contributed by atoms with Crippen LogP contribution < -0.4 is 9.47 Å². The number of hydrogen-bond acceptors (Lipinski definition) is 6. The number of aliphatic hydroxyl groups is 1. The zero-order chi connectivity index (χ0) is 26.3. The van der Waals surface area contributed by atoms with Crippen LogP contribution in [0.25, 0.3) is 5.76 Å². The first-order valence-corrected chi connectivity index (χ1v) is 12.8. The lowest BCUT2D eigenvalue weighted by Crippen LogP contribution is -2.31. The maximum Gasteiger partial charge on any atom is 0.295 e. The molecule has 2 N–H and O–H groups in total. The number of phenols is 1. The molecule has 5 rings (SSSR count). The molecule has 190 valence electrons. The quantitative estimate of drug-likeness (QED) is 0.244. The number of rotatable bonds is 6. The zero-order valence-corrected chi connectivity index (χ0v) is 22.0. The highest BCUT2D eigenvalue weighted by atomic mass is 79.9. The van der Waals surface area contributed by atoms with Gasteiger partial charge in [-0.05, 0) is 76.3 Å². The third-order valence-electron chi connectivity index (χ3n) is 6.78. The predicted molar refractivity (Wildman–Crippen MR) is 142 cm³/mol. The number of halogens is 1. The zero-order valence-electron chi connectivity index (χ0n) is 20.4. The summed E-state index contributed by atoms with van der Waals surface area (Å²) in [6.45, 7) is 2.22. The fraction of sp³-hybridized carbons (Fsp3) is 0.241. The predicted octanol–water partition coefficient (Wildman–Crippen LogP) is 5.15. The van der Waals surface area contributed by atoms with Crippen LogP contribution in [0.15, 0.2) is 70.7 Å². The Morgan fingerprint density at radius 3 is 2.62 bits per heavy atom. The van der Waals surface area contributed by atoms with E-state index in [1.54, 1.807) is 30.3 Å². The highest BCUT2D eigenvalue weighted by molar-refractivity contribution is 9.10. The highest BCUT2D eigenvalue weighted by Crippen LogP contribution is 2.44. The molecule has 2 heterocycles. The molecule has 2 atom stereocenters. The lowest BCUT2D eigenvalue weighted by Gasteiger charge is -2.26. The maximum atomic E-state index is 13.4. The number of carbonyl (C=O) groups excluding carboxylic acids is 2. The average molecular weight is 564 g/mol. The first-order chi connectivity index (χ1) is 17.8. The normalized spacial score (nSPS) is 20.1. The SMILES string of the molecule is COc1cc([C@@H]2/C(=C(\O)c3ccc4c(c3)C[C@@H](C)O4)C(=O)C(=O)N2CCc2ccccc2)cc(Br)c1O. The smallest absolute Gasteiger partial charge is 0.295 e. The van der Waals surface area contributed by atoms with Gasteiger partial charge in [0.2, 0.25) is 0 Å². The number of aliphatic hydroxyl groups excluding tert-OH is 1. The summed E-state index contributed by atoms with van der Waals surface area (Å²) in [7, 11) is 1.42. The van der Waals surface area contributed by atoms with Crippen molar-refractivity contribution in [3.8, 4) is 17.2 Å². The van der Waals surface area contributed by atoms with Gasteiger partial charge in [-0.3, -0.25) is 9.59 Å². The summed E-state index contributed by atoms with van der Waals surface area (Å²) >= 11 is 3.34. The van der Waals surface area contributed by atoms with E-state index in [0.29, 0.717) is 28.4 Å². The van der Waals surface area contributed by atoms with E-state index < -0.39 is 17.7 Å². The van der Waals surface area contributed by atoms with E-state index in [0.717, 1.165) is 16.9 Å². The van der Waals surface area contributed by atoms with Gasteiger partial charge < -0.3 is 24.6 Å².